The highest BCUT2D eigenvalue weighted by molar-refractivity contribution is 5.84. The maximum Gasteiger partial charge on any atom is 0.226 e. The van der Waals surface area contributed by atoms with E-state index in [0.717, 1.165) is 24.3 Å². The van der Waals surface area contributed by atoms with Gasteiger partial charge in [0.05, 0.1) is 7.11 Å². The summed E-state index contributed by atoms with van der Waals surface area (Å²) in [6, 6.07) is 7.90. The lowest BCUT2D eigenvalue weighted by Crippen LogP contribution is -2.27. The molecule has 3 nitrogen and oxygen atoms in total. The summed E-state index contributed by atoms with van der Waals surface area (Å²) in [6.07, 6.45) is 1.11. The van der Waals surface area contributed by atoms with Gasteiger partial charge >= 0.3 is 0 Å². The molecule has 2 fully saturated rings. The SMILES string of the molecule is COc1ccccc1CN1CC2CC2C1=O. The van der Waals surface area contributed by atoms with Crippen LogP contribution in [0.5, 0.6) is 5.75 Å². The molecule has 1 aromatic rings. The summed E-state index contributed by atoms with van der Waals surface area (Å²) in [4.78, 5) is 13.8. The van der Waals surface area contributed by atoms with E-state index in [2.05, 4.69) is 0 Å². The number of piperidine rings is 1. The van der Waals surface area contributed by atoms with Crippen LogP contribution in [0.1, 0.15) is 12.0 Å². The Labute approximate surface area is 95.0 Å². The Morgan fingerprint density at radius 1 is 1.44 bits per heavy atom. The van der Waals surface area contributed by atoms with Crippen molar-refractivity contribution >= 4 is 5.91 Å². The Morgan fingerprint density at radius 2 is 2.25 bits per heavy atom. The van der Waals surface area contributed by atoms with Gasteiger partial charge in [-0.15, -0.1) is 0 Å². The monoisotopic (exact) mass is 217 g/mol. The first-order chi connectivity index (χ1) is 7.79. The van der Waals surface area contributed by atoms with Crippen LogP contribution in [-0.4, -0.2) is 24.5 Å². The van der Waals surface area contributed by atoms with Crippen molar-refractivity contribution in [1.29, 1.82) is 0 Å². The van der Waals surface area contributed by atoms with E-state index in [1.54, 1.807) is 7.11 Å². The summed E-state index contributed by atoms with van der Waals surface area (Å²) in [5.41, 5.74) is 1.10. The highest BCUT2D eigenvalue weighted by Gasteiger charge is 2.51. The standard InChI is InChI=1S/C13H15NO2/c1-16-12-5-3-2-4-9(12)7-14-8-10-6-11(10)13(14)15/h2-5,10-11H,6-8H2,1H3. The molecule has 0 bridgehead atoms. The number of methoxy groups -OCH3 is 1. The first kappa shape index (κ1) is 9.70. The molecular weight excluding hydrogens is 202 g/mol. The lowest BCUT2D eigenvalue weighted by molar-refractivity contribution is -0.130. The fourth-order valence-corrected chi connectivity index (χ4v) is 2.54. The second kappa shape index (κ2) is 3.51. The molecule has 1 aromatic carbocycles. The number of hydrogen-bond donors (Lipinski definition) is 0. The molecule has 2 atom stereocenters. The highest BCUT2D eigenvalue weighted by atomic mass is 16.5. The molecule has 16 heavy (non-hydrogen) atoms. The van der Waals surface area contributed by atoms with Crippen LogP contribution in [0.3, 0.4) is 0 Å². The van der Waals surface area contributed by atoms with Gasteiger partial charge in [-0.2, -0.15) is 0 Å². The van der Waals surface area contributed by atoms with Gasteiger partial charge in [-0.1, -0.05) is 18.2 Å². The average Bonchev–Trinajstić information content (AvgIpc) is 3.01. The van der Waals surface area contributed by atoms with Crippen molar-refractivity contribution in [2.24, 2.45) is 11.8 Å². The van der Waals surface area contributed by atoms with E-state index in [1.807, 2.05) is 29.2 Å². The molecule has 3 heteroatoms. The van der Waals surface area contributed by atoms with Gasteiger partial charge in [0, 0.05) is 24.6 Å². The Kier molecular flexibility index (Phi) is 2.13. The average molecular weight is 217 g/mol. The minimum Gasteiger partial charge on any atom is -0.496 e. The topological polar surface area (TPSA) is 29.5 Å². The number of benzene rings is 1. The molecule has 1 saturated heterocycles. The Morgan fingerprint density at radius 3 is 2.94 bits per heavy atom. The zero-order valence-electron chi connectivity index (χ0n) is 9.35. The lowest BCUT2D eigenvalue weighted by Gasteiger charge is -2.19. The number of carbonyl (C=O) groups is 1. The smallest absolute Gasteiger partial charge is 0.226 e. The van der Waals surface area contributed by atoms with E-state index in [0.29, 0.717) is 24.3 Å². The van der Waals surface area contributed by atoms with Gasteiger partial charge in [0.2, 0.25) is 5.91 Å². The maximum atomic E-state index is 11.8. The minimum atomic E-state index is 0.330. The van der Waals surface area contributed by atoms with Crippen molar-refractivity contribution in [3.05, 3.63) is 29.8 Å². The molecule has 0 aromatic heterocycles. The van der Waals surface area contributed by atoms with E-state index in [4.69, 9.17) is 4.74 Å². The van der Waals surface area contributed by atoms with Gasteiger partial charge in [0.15, 0.2) is 0 Å². The summed E-state index contributed by atoms with van der Waals surface area (Å²) in [5.74, 6) is 2.18. The molecule has 0 spiro atoms. The van der Waals surface area contributed by atoms with Crippen LogP contribution in [0.2, 0.25) is 0 Å². The molecule has 0 N–H and O–H groups in total. The van der Waals surface area contributed by atoms with E-state index < -0.39 is 0 Å². The van der Waals surface area contributed by atoms with Crippen molar-refractivity contribution in [3.8, 4) is 5.75 Å². The van der Waals surface area contributed by atoms with Crippen LogP contribution in [-0.2, 0) is 11.3 Å². The second-order valence-electron chi connectivity index (χ2n) is 4.63. The van der Waals surface area contributed by atoms with Crippen LogP contribution in [0.25, 0.3) is 0 Å². The van der Waals surface area contributed by atoms with Gasteiger partial charge in [-0.25, -0.2) is 0 Å². The van der Waals surface area contributed by atoms with Gasteiger partial charge in [-0.3, -0.25) is 4.79 Å². The van der Waals surface area contributed by atoms with E-state index >= 15 is 0 Å². The minimum absolute atomic E-state index is 0.330. The fourth-order valence-electron chi connectivity index (χ4n) is 2.54. The molecule has 2 aliphatic rings. The summed E-state index contributed by atoms with van der Waals surface area (Å²) in [5, 5.41) is 0. The van der Waals surface area contributed by atoms with Crippen LogP contribution in [0.15, 0.2) is 24.3 Å². The first-order valence-corrected chi connectivity index (χ1v) is 5.70. The molecule has 1 aliphatic heterocycles. The quantitative estimate of drug-likeness (QED) is 0.770. The fraction of sp³-hybridized carbons (Fsp3) is 0.462. The number of amides is 1. The number of ether oxygens (including phenoxy) is 1. The molecule has 1 aliphatic carbocycles. The van der Waals surface area contributed by atoms with Crippen molar-refractivity contribution in [1.82, 2.24) is 4.90 Å². The summed E-state index contributed by atoms with van der Waals surface area (Å²) < 4.78 is 5.29. The molecule has 1 saturated carbocycles. The van der Waals surface area contributed by atoms with Gasteiger partial charge in [0.1, 0.15) is 5.75 Å². The third kappa shape index (κ3) is 1.47. The Balaban J connectivity index is 1.76. The number of likely N-dealkylation sites (tertiary alicyclic amines) is 1. The number of hydrogen-bond acceptors (Lipinski definition) is 2. The van der Waals surface area contributed by atoms with E-state index in [-0.39, 0.29) is 0 Å². The van der Waals surface area contributed by atoms with Crippen molar-refractivity contribution < 1.29 is 9.53 Å². The highest BCUT2D eigenvalue weighted by Crippen LogP contribution is 2.46. The molecule has 84 valence electrons. The van der Waals surface area contributed by atoms with Gasteiger partial charge in [-0.05, 0) is 18.4 Å². The Hall–Kier alpha value is -1.51. The van der Waals surface area contributed by atoms with Crippen LogP contribution >= 0.6 is 0 Å². The number of fused-ring (bicyclic) bond motifs is 1. The second-order valence-corrected chi connectivity index (χ2v) is 4.63. The normalized spacial score (nSPS) is 26.8. The number of rotatable bonds is 3. The summed E-state index contributed by atoms with van der Waals surface area (Å²) >= 11 is 0. The third-order valence-corrected chi connectivity index (χ3v) is 3.56. The van der Waals surface area contributed by atoms with Crippen LogP contribution in [0.4, 0.5) is 0 Å². The van der Waals surface area contributed by atoms with Crippen molar-refractivity contribution in [2.75, 3.05) is 13.7 Å². The first-order valence-electron chi connectivity index (χ1n) is 5.70. The molecular formula is C13H15NO2. The molecule has 0 radical (unpaired) electrons. The van der Waals surface area contributed by atoms with E-state index in [9.17, 15) is 4.79 Å². The third-order valence-electron chi connectivity index (χ3n) is 3.56. The van der Waals surface area contributed by atoms with Crippen LogP contribution in [0, 0.1) is 11.8 Å². The van der Waals surface area contributed by atoms with Crippen molar-refractivity contribution in [2.45, 2.75) is 13.0 Å². The molecule has 1 heterocycles. The zero-order chi connectivity index (χ0) is 11.1. The largest absolute Gasteiger partial charge is 0.496 e. The van der Waals surface area contributed by atoms with E-state index in [1.165, 1.54) is 0 Å². The zero-order valence-corrected chi connectivity index (χ0v) is 9.35. The molecule has 2 unspecified atom stereocenters. The van der Waals surface area contributed by atoms with Crippen molar-refractivity contribution in [3.63, 3.8) is 0 Å². The predicted molar refractivity (Wildman–Crippen MR) is 60.0 cm³/mol. The van der Waals surface area contributed by atoms with Gasteiger partial charge < -0.3 is 9.64 Å². The number of carbonyl (C=O) groups excluding carboxylic acids is 1. The summed E-state index contributed by atoms with van der Waals surface area (Å²) in [6.45, 7) is 1.62. The predicted octanol–water partition coefficient (Wildman–Crippen LogP) is 1.67. The molecule has 1 amide bonds. The Bertz CT molecular complexity index is 430. The molecule has 3 rings (SSSR count). The maximum absolute atomic E-state index is 11.8. The summed E-state index contributed by atoms with van der Waals surface area (Å²) in [7, 11) is 1.67. The number of nitrogens with zero attached hydrogens (tertiary/aromatic N) is 1. The van der Waals surface area contributed by atoms with Gasteiger partial charge in [0.25, 0.3) is 0 Å². The lowest BCUT2D eigenvalue weighted by atomic mass is 10.2. The van der Waals surface area contributed by atoms with Crippen LogP contribution < -0.4 is 4.74 Å². The number of para-hydroxylation sites is 1.